The zero-order chi connectivity index (χ0) is 12.3. The first-order valence-electron chi connectivity index (χ1n) is 4.87. The van der Waals surface area contributed by atoms with Gasteiger partial charge in [0.1, 0.15) is 5.82 Å². The monoisotopic (exact) mass is 310 g/mol. The minimum Gasteiger partial charge on any atom is -0.289 e. The van der Waals surface area contributed by atoms with Crippen LogP contribution in [0.4, 0.5) is 4.39 Å². The Morgan fingerprint density at radius 3 is 2.59 bits per heavy atom. The maximum atomic E-state index is 12.7. The van der Waals surface area contributed by atoms with Crippen LogP contribution in [0.3, 0.4) is 0 Å². The molecule has 2 rings (SSSR count). The molecule has 0 bridgehead atoms. The van der Waals surface area contributed by atoms with Gasteiger partial charge in [-0.05, 0) is 58.4 Å². The number of halogens is 2. The molecule has 1 aromatic heterocycles. The summed E-state index contributed by atoms with van der Waals surface area (Å²) in [6.07, 6.45) is 3.24. The molecule has 4 heteroatoms. The summed E-state index contributed by atoms with van der Waals surface area (Å²) in [4.78, 5) is 12.7. The molecule has 0 amide bonds. The molecule has 1 aromatic carbocycles. The van der Waals surface area contributed by atoms with Gasteiger partial charge >= 0.3 is 0 Å². The van der Waals surface area contributed by atoms with E-state index in [1.54, 1.807) is 17.4 Å². The highest BCUT2D eigenvalue weighted by molar-refractivity contribution is 9.10. The minimum absolute atomic E-state index is 0.130. The molecule has 0 atom stereocenters. The van der Waals surface area contributed by atoms with Crippen LogP contribution in [0.1, 0.15) is 15.2 Å². The van der Waals surface area contributed by atoms with Crippen molar-refractivity contribution in [1.82, 2.24) is 0 Å². The van der Waals surface area contributed by atoms with Crippen LogP contribution in [0.2, 0.25) is 0 Å². The molecule has 0 radical (unpaired) electrons. The molecule has 0 saturated heterocycles. The van der Waals surface area contributed by atoms with E-state index in [0.29, 0.717) is 5.56 Å². The van der Waals surface area contributed by atoms with Gasteiger partial charge in [0.25, 0.3) is 0 Å². The lowest BCUT2D eigenvalue weighted by atomic mass is 10.1. The molecule has 17 heavy (non-hydrogen) atoms. The van der Waals surface area contributed by atoms with Gasteiger partial charge in [0.05, 0.1) is 0 Å². The van der Waals surface area contributed by atoms with Crippen LogP contribution in [0.25, 0.3) is 6.08 Å². The Hall–Kier alpha value is -1.26. The third-order valence-electron chi connectivity index (χ3n) is 2.12. The number of rotatable bonds is 3. The Balaban J connectivity index is 2.11. The third-order valence-corrected chi connectivity index (χ3v) is 3.77. The summed E-state index contributed by atoms with van der Waals surface area (Å²) in [6, 6.07) is 7.45. The van der Waals surface area contributed by atoms with Crippen LogP contribution < -0.4 is 0 Å². The number of benzene rings is 1. The Morgan fingerprint density at radius 2 is 2.00 bits per heavy atom. The van der Waals surface area contributed by atoms with E-state index in [1.807, 2.05) is 11.4 Å². The highest BCUT2D eigenvalue weighted by Gasteiger charge is 2.01. The first-order chi connectivity index (χ1) is 8.15. The fraction of sp³-hybridized carbons (Fsp3) is 0. The standard InChI is InChI=1S/C13H8BrFOS/c14-10-7-12(17-8-10)5-6-13(16)9-1-3-11(15)4-2-9/h1-8H. The molecule has 1 heterocycles. The summed E-state index contributed by atoms with van der Waals surface area (Å²) in [5.41, 5.74) is 0.485. The fourth-order valence-corrected chi connectivity index (χ4v) is 2.62. The van der Waals surface area contributed by atoms with Gasteiger partial charge in [0.2, 0.25) is 0 Å². The summed E-state index contributed by atoms with van der Waals surface area (Å²) in [5.74, 6) is -0.470. The van der Waals surface area contributed by atoms with Crippen molar-refractivity contribution in [2.45, 2.75) is 0 Å². The Bertz CT molecular complexity index is 557. The van der Waals surface area contributed by atoms with Gasteiger partial charge in [0, 0.05) is 20.3 Å². The Labute approximate surface area is 111 Å². The van der Waals surface area contributed by atoms with Gasteiger partial charge in [-0.15, -0.1) is 11.3 Å². The largest absolute Gasteiger partial charge is 0.289 e. The van der Waals surface area contributed by atoms with Crippen molar-refractivity contribution in [3.63, 3.8) is 0 Å². The molecule has 0 saturated carbocycles. The molecule has 0 N–H and O–H groups in total. The average molecular weight is 311 g/mol. The highest BCUT2D eigenvalue weighted by Crippen LogP contribution is 2.21. The van der Waals surface area contributed by atoms with E-state index in [4.69, 9.17) is 0 Å². The predicted octanol–water partition coefficient (Wildman–Crippen LogP) is 4.55. The highest BCUT2D eigenvalue weighted by atomic mass is 79.9. The molecule has 0 aliphatic heterocycles. The molecule has 2 aromatic rings. The van der Waals surface area contributed by atoms with Crippen molar-refractivity contribution < 1.29 is 9.18 Å². The summed E-state index contributed by atoms with van der Waals surface area (Å²) < 4.78 is 13.7. The molecule has 0 unspecified atom stereocenters. The number of allylic oxidation sites excluding steroid dienone is 1. The first-order valence-corrected chi connectivity index (χ1v) is 6.54. The lowest BCUT2D eigenvalue weighted by molar-refractivity contribution is 0.104. The second-order valence-corrected chi connectivity index (χ2v) is 5.23. The fourth-order valence-electron chi connectivity index (χ4n) is 1.28. The van der Waals surface area contributed by atoms with Crippen LogP contribution in [-0.2, 0) is 0 Å². The number of ketones is 1. The van der Waals surface area contributed by atoms with Crippen molar-refractivity contribution >= 4 is 39.1 Å². The van der Waals surface area contributed by atoms with Crippen molar-refractivity contribution in [2.75, 3.05) is 0 Å². The SMILES string of the molecule is O=C(C=Cc1cc(Br)cs1)c1ccc(F)cc1. The summed E-state index contributed by atoms with van der Waals surface area (Å²) in [7, 11) is 0. The predicted molar refractivity (Wildman–Crippen MR) is 71.8 cm³/mol. The number of carbonyl (C=O) groups is 1. The third kappa shape index (κ3) is 3.35. The van der Waals surface area contributed by atoms with E-state index < -0.39 is 0 Å². The van der Waals surface area contributed by atoms with E-state index in [2.05, 4.69) is 15.9 Å². The lowest BCUT2D eigenvalue weighted by Gasteiger charge is -1.94. The average Bonchev–Trinajstić information content (AvgIpc) is 2.73. The lowest BCUT2D eigenvalue weighted by Crippen LogP contribution is -1.93. The minimum atomic E-state index is -0.340. The van der Waals surface area contributed by atoms with E-state index in [1.165, 1.54) is 30.3 Å². The number of thiophene rings is 1. The number of hydrogen-bond acceptors (Lipinski definition) is 2. The molecule has 0 aliphatic rings. The van der Waals surface area contributed by atoms with E-state index in [0.717, 1.165) is 9.35 Å². The van der Waals surface area contributed by atoms with Crippen LogP contribution >= 0.6 is 27.3 Å². The van der Waals surface area contributed by atoms with Gasteiger partial charge in [-0.25, -0.2) is 4.39 Å². The van der Waals surface area contributed by atoms with Crippen LogP contribution in [-0.4, -0.2) is 5.78 Å². The van der Waals surface area contributed by atoms with E-state index in [9.17, 15) is 9.18 Å². The van der Waals surface area contributed by atoms with Crippen molar-refractivity contribution in [2.24, 2.45) is 0 Å². The normalized spacial score (nSPS) is 10.9. The zero-order valence-corrected chi connectivity index (χ0v) is 11.1. The first kappa shape index (κ1) is 12.2. The van der Waals surface area contributed by atoms with Crippen LogP contribution in [0, 0.1) is 5.82 Å². The summed E-state index contributed by atoms with van der Waals surface area (Å²) in [6.45, 7) is 0. The Kier molecular flexibility index (Phi) is 3.86. The quantitative estimate of drug-likeness (QED) is 0.600. The van der Waals surface area contributed by atoms with Gasteiger partial charge in [-0.1, -0.05) is 0 Å². The summed E-state index contributed by atoms with van der Waals surface area (Å²) in [5, 5.41) is 1.95. The molecule has 86 valence electrons. The molecule has 0 aliphatic carbocycles. The maximum Gasteiger partial charge on any atom is 0.185 e. The van der Waals surface area contributed by atoms with Gasteiger partial charge < -0.3 is 0 Å². The number of carbonyl (C=O) groups excluding carboxylic acids is 1. The number of hydrogen-bond donors (Lipinski definition) is 0. The van der Waals surface area contributed by atoms with Crippen molar-refractivity contribution in [1.29, 1.82) is 0 Å². The van der Waals surface area contributed by atoms with Crippen LogP contribution in [0.5, 0.6) is 0 Å². The molecular formula is C13H8BrFOS. The van der Waals surface area contributed by atoms with Crippen LogP contribution in [0.15, 0.2) is 46.3 Å². The molecule has 0 spiro atoms. The van der Waals surface area contributed by atoms with E-state index >= 15 is 0 Å². The second-order valence-electron chi connectivity index (χ2n) is 3.37. The van der Waals surface area contributed by atoms with Crippen molar-refractivity contribution in [3.8, 4) is 0 Å². The van der Waals surface area contributed by atoms with Gasteiger partial charge in [-0.2, -0.15) is 0 Å². The molecular weight excluding hydrogens is 303 g/mol. The van der Waals surface area contributed by atoms with Gasteiger partial charge in [-0.3, -0.25) is 4.79 Å². The van der Waals surface area contributed by atoms with Gasteiger partial charge in [0.15, 0.2) is 5.78 Å². The van der Waals surface area contributed by atoms with E-state index in [-0.39, 0.29) is 11.6 Å². The molecule has 0 fully saturated rings. The van der Waals surface area contributed by atoms with Crippen molar-refractivity contribution in [3.05, 3.63) is 62.5 Å². The smallest absolute Gasteiger partial charge is 0.185 e. The second kappa shape index (κ2) is 5.38. The summed E-state index contributed by atoms with van der Waals surface area (Å²) >= 11 is 4.89. The maximum absolute atomic E-state index is 12.7. The zero-order valence-electron chi connectivity index (χ0n) is 8.69. The molecule has 1 nitrogen and oxygen atoms in total. The topological polar surface area (TPSA) is 17.1 Å². The Morgan fingerprint density at radius 1 is 1.29 bits per heavy atom.